The minimum Gasteiger partial charge on any atom is -0.359 e. The van der Waals surface area contributed by atoms with Crippen LogP contribution in [-0.4, -0.2) is 16.8 Å². The fourth-order valence-electron chi connectivity index (χ4n) is 2.63. The monoisotopic (exact) mass is 270 g/mol. The predicted molar refractivity (Wildman–Crippen MR) is 72.7 cm³/mol. The van der Waals surface area contributed by atoms with Crippen LogP contribution in [-0.2, 0) is 11.3 Å². The highest BCUT2D eigenvalue weighted by Crippen LogP contribution is 2.34. The molecule has 0 unspecified atom stereocenters. The van der Waals surface area contributed by atoms with Crippen LogP contribution in [0.15, 0.2) is 22.7 Å². The lowest BCUT2D eigenvalue weighted by atomic mass is 10.0. The number of aryl methyl sites for hydroxylation is 3. The van der Waals surface area contributed by atoms with Gasteiger partial charge in [-0.1, -0.05) is 11.2 Å². The molecule has 0 saturated carbocycles. The average Bonchev–Trinajstić information content (AvgIpc) is 2.88. The molecule has 0 fully saturated rings. The van der Waals surface area contributed by atoms with E-state index in [-0.39, 0.29) is 6.54 Å². The lowest BCUT2D eigenvalue weighted by Crippen LogP contribution is -2.29. The van der Waals surface area contributed by atoms with Gasteiger partial charge in [-0.3, -0.25) is 14.5 Å². The molecule has 0 radical (unpaired) electrons. The largest absolute Gasteiger partial charge is 0.359 e. The Morgan fingerprint density at radius 1 is 1.15 bits per heavy atom. The first-order valence-corrected chi connectivity index (χ1v) is 6.37. The van der Waals surface area contributed by atoms with Crippen LogP contribution < -0.4 is 4.90 Å². The van der Waals surface area contributed by atoms with Gasteiger partial charge in [-0.25, -0.2) is 0 Å². The van der Waals surface area contributed by atoms with Gasteiger partial charge in [0.15, 0.2) is 5.76 Å². The molecule has 1 aliphatic heterocycles. The molecule has 1 aliphatic rings. The Kier molecular flexibility index (Phi) is 2.71. The molecule has 0 N–H and O–H groups in total. The fraction of sp³-hybridized carbons (Fsp3) is 0.267. The molecule has 2 aromatic rings. The number of hydrogen-bond acceptors (Lipinski definition) is 4. The molecule has 102 valence electrons. The molecule has 0 aliphatic carbocycles. The highest BCUT2D eigenvalue weighted by molar-refractivity contribution is 6.52. The summed E-state index contributed by atoms with van der Waals surface area (Å²) in [4.78, 5) is 25.7. The minimum atomic E-state index is -0.511. The Labute approximate surface area is 116 Å². The number of aromatic nitrogens is 1. The molecule has 0 saturated heterocycles. The summed E-state index contributed by atoms with van der Waals surface area (Å²) in [6, 6.07) is 5.48. The number of rotatable bonds is 2. The van der Waals surface area contributed by atoms with E-state index in [1.807, 2.05) is 26.8 Å². The first-order valence-electron chi connectivity index (χ1n) is 6.37. The van der Waals surface area contributed by atoms with Crippen molar-refractivity contribution in [1.82, 2.24) is 5.16 Å². The number of ketones is 1. The second-order valence-corrected chi connectivity index (χ2v) is 5.13. The molecular formula is C15H14N2O3. The SMILES string of the molecule is Cc1cc(C)c2c(c1)C(=O)C(=O)N2Cc1cc(C)no1. The van der Waals surface area contributed by atoms with E-state index < -0.39 is 11.7 Å². The maximum absolute atomic E-state index is 12.2. The van der Waals surface area contributed by atoms with Crippen molar-refractivity contribution in [2.75, 3.05) is 4.90 Å². The highest BCUT2D eigenvalue weighted by Gasteiger charge is 2.37. The summed E-state index contributed by atoms with van der Waals surface area (Å²) in [5.41, 5.74) is 3.79. The molecule has 0 spiro atoms. The van der Waals surface area contributed by atoms with Gasteiger partial charge in [0.2, 0.25) is 0 Å². The summed E-state index contributed by atoms with van der Waals surface area (Å²) >= 11 is 0. The van der Waals surface area contributed by atoms with Crippen molar-refractivity contribution < 1.29 is 14.1 Å². The summed E-state index contributed by atoms with van der Waals surface area (Å²) in [5, 5.41) is 3.80. The molecule has 5 heteroatoms. The lowest BCUT2D eigenvalue weighted by molar-refractivity contribution is -0.114. The third-order valence-corrected chi connectivity index (χ3v) is 3.39. The number of hydrogen-bond donors (Lipinski definition) is 0. The first kappa shape index (κ1) is 12.6. The van der Waals surface area contributed by atoms with Gasteiger partial charge in [-0.05, 0) is 38.0 Å². The van der Waals surface area contributed by atoms with Crippen LogP contribution in [0.5, 0.6) is 0 Å². The second-order valence-electron chi connectivity index (χ2n) is 5.13. The second kappa shape index (κ2) is 4.30. The Bertz CT molecular complexity index is 731. The van der Waals surface area contributed by atoms with E-state index >= 15 is 0 Å². The van der Waals surface area contributed by atoms with Crippen LogP contribution in [0.25, 0.3) is 0 Å². The van der Waals surface area contributed by atoms with Crippen LogP contribution in [0.1, 0.15) is 32.9 Å². The molecule has 5 nitrogen and oxygen atoms in total. The van der Waals surface area contributed by atoms with Crippen molar-refractivity contribution >= 4 is 17.4 Å². The zero-order valence-corrected chi connectivity index (χ0v) is 11.6. The van der Waals surface area contributed by atoms with Crippen LogP contribution in [0.4, 0.5) is 5.69 Å². The van der Waals surface area contributed by atoms with Gasteiger partial charge in [0.05, 0.1) is 23.5 Å². The molecule has 1 aromatic heterocycles. The van der Waals surface area contributed by atoms with Crippen LogP contribution in [0, 0.1) is 20.8 Å². The summed E-state index contributed by atoms with van der Waals surface area (Å²) in [6.07, 6.45) is 0. The third-order valence-electron chi connectivity index (χ3n) is 3.39. The molecule has 0 bridgehead atoms. The number of amides is 1. The molecule has 3 rings (SSSR count). The topological polar surface area (TPSA) is 63.4 Å². The Morgan fingerprint density at radius 3 is 2.55 bits per heavy atom. The van der Waals surface area contributed by atoms with Gasteiger partial charge in [-0.2, -0.15) is 0 Å². The standard InChI is InChI=1S/C15H14N2O3/c1-8-4-9(2)13-12(5-8)14(18)15(19)17(13)7-11-6-10(3)16-20-11/h4-6H,7H2,1-3H3. The van der Waals surface area contributed by atoms with Crippen LogP contribution in [0.3, 0.4) is 0 Å². The number of Topliss-reactive ketones (excluding diaryl/α,β-unsaturated/α-hetero) is 1. The Balaban J connectivity index is 2.06. The van der Waals surface area contributed by atoms with Gasteiger partial charge in [0.25, 0.3) is 11.7 Å². The van der Waals surface area contributed by atoms with E-state index in [1.54, 1.807) is 12.1 Å². The number of benzene rings is 1. The van der Waals surface area contributed by atoms with E-state index in [9.17, 15) is 9.59 Å². The van der Waals surface area contributed by atoms with Gasteiger partial charge in [0, 0.05) is 6.07 Å². The van der Waals surface area contributed by atoms with Gasteiger partial charge < -0.3 is 4.52 Å². The quantitative estimate of drug-likeness (QED) is 0.786. The maximum Gasteiger partial charge on any atom is 0.299 e. The van der Waals surface area contributed by atoms with Gasteiger partial charge in [0.1, 0.15) is 0 Å². The molecular weight excluding hydrogens is 256 g/mol. The molecule has 20 heavy (non-hydrogen) atoms. The zero-order chi connectivity index (χ0) is 14.4. The van der Waals surface area contributed by atoms with Crippen molar-refractivity contribution in [3.05, 3.63) is 46.3 Å². The number of anilines is 1. The molecule has 1 aromatic carbocycles. The van der Waals surface area contributed by atoms with E-state index in [2.05, 4.69) is 5.16 Å². The number of fused-ring (bicyclic) bond motifs is 1. The maximum atomic E-state index is 12.2. The Morgan fingerprint density at radius 2 is 1.90 bits per heavy atom. The van der Waals surface area contributed by atoms with Crippen LogP contribution in [0.2, 0.25) is 0 Å². The summed E-state index contributed by atoms with van der Waals surface area (Å²) in [6.45, 7) is 5.85. The van der Waals surface area contributed by atoms with Crippen molar-refractivity contribution in [2.24, 2.45) is 0 Å². The van der Waals surface area contributed by atoms with Crippen molar-refractivity contribution in [3.63, 3.8) is 0 Å². The third kappa shape index (κ3) is 1.82. The minimum absolute atomic E-state index is 0.225. The Hall–Kier alpha value is -2.43. The van der Waals surface area contributed by atoms with Crippen LogP contribution >= 0.6 is 0 Å². The van der Waals surface area contributed by atoms with Gasteiger partial charge >= 0.3 is 0 Å². The smallest absolute Gasteiger partial charge is 0.299 e. The zero-order valence-electron chi connectivity index (χ0n) is 11.6. The number of carbonyl (C=O) groups excluding carboxylic acids is 2. The van der Waals surface area contributed by atoms with E-state index in [0.717, 1.165) is 16.8 Å². The highest BCUT2D eigenvalue weighted by atomic mass is 16.5. The van der Waals surface area contributed by atoms with E-state index in [0.29, 0.717) is 17.0 Å². The summed E-state index contributed by atoms with van der Waals surface area (Å²) in [5.74, 6) is -0.401. The summed E-state index contributed by atoms with van der Waals surface area (Å²) < 4.78 is 5.13. The van der Waals surface area contributed by atoms with Gasteiger partial charge in [-0.15, -0.1) is 0 Å². The lowest BCUT2D eigenvalue weighted by Gasteiger charge is -2.17. The van der Waals surface area contributed by atoms with E-state index in [4.69, 9.17) is 4.52 Å². The van der Waals surface area contributed by atoms with Crippen molar-refractivity contribution in [2.45, 2.75) is 27.3 Å². The summed E-state index contributed by atoms with van der Waals surface area (Å²) in [7, 11) is 0. The first-order chi connectivity index (χ1) is 9.47. The van der Waals surface area contributed by atoms with E-state index in [1.165, 1.54) is 4.90 Å². The predicted octanol–water partition coefficient (Wildman–Crippen LogP) is 2.33. The van der Waals surface area contributed by atoms with Crippen molar-refractivity contribution in [1.29, 1.82) is 0 Å². The number of carbonyl (C=O) groups is 2. The fourth-order valence-corrected chi connectivity index (χ4v) is 2.63. The number of nitrogens with zero attached hydrogens (tertiary/aromatic N) is 2. The molecule has 2 heterocycles. The molecule has 1 amide bonds. The van der Waals surface area contributed by atoms with Crippen molar-refractivity contribution in [3.8, 4) is 0 Å². The normalized spacial score (nSPS) is 14.1. The average molecular weight is 270 g/mol. The molecule has 0 atom stereocenters.